The van der Waals surface area contributed by atoms with E-state index in [4.69, 9.17) is 9.26 Å². The van der Waals surface area contributed by atoms with Crippen molar-refractivity contribution < 1.29 is 18.8 Å². The second-order valence-electron chi connectivity index (χ2n) is 3.66. The normalized spacial score (nSPS) is 12.4. The summed E-state index contributed by atoms with van der Waals surface area (Å²) < 4.78 is 14.6. The summed E-state index contributed by atoms with van der Waals surface area (Å²) in [6.45, 7) is 2.27. The molecule has 0 N–H and O–H groups in total. The summed E-state index contributed by atoms with van der Waals surface area (Å²) in [5.74, 6) is 1.85. The Kier molecular flexibility index (Phi) is 6.07. The molecule has 1 aromatic heterocycles. The number of methoxy groups -OCH3 is 2. The van der Waals surface area contributed by atoms with E-state index in [2.05, 4.69) is 9.89 Å². The summed E-state index contributed by atoms with van der Waals surface area (Å²) in [5.41, 5.74) is 0.860. The molecule has 1 aromatic rings. The number of carbonyl (C=O) groups excluding carboxylic acids is 1. The van der Waals surface area contributed by atoms with Crippen LogP contribution in [0.15, 0.2) is 10.6 Å². The quantitative estimate of drug-likeness (QED) is 0.697. The van der Waals surface area contributed by atoms with E-state index in [1.807, 2.05) is 13.0 Å². The largest absolute Gasteiger partial charge is 0.469 e. The lowest BCUT2D eigenvalue weighted by molar-refractivity contribution is -0.143. The summed E-state index contributed by atoms with van der Waals surface area (Å²) in [5, 5.41) is 3.90. The molecule has 0 fully saturated rings. The minimum atomic E-state index is -0.183. The topological polar surface area (TPSA) is 61.6 Å². The van der Waals surface area contributed by atoms with Crippen LogP contribution in [0.25, 0.3) is 0 Å². The lowest BCUT2D eigenvalue weighted by Crippen LogP contribution is -2.14. The molecule has 1 unspecified atom stereocenters. The van der Waals surface area contributed by atoms with Gasteiger partial charge in [-0.05, 0) is 0 Å². The maximum atomic E-state index is 11.2. The molecule has 5 nitrogen and oxygen atoms in total. The predicted octanol–water partition coefficient (Wildman–Crippen LogP) is 1.86. The molecule has 0 bridgehead atoms. The van der Waals surface area contributed by atoms with Crippen LogP contribution in [0.5, 0.6) is 0 Å². The van der Waals surface area contributed by atoms with Gasteiger partial charge in [-0.3, -0.25) is 4.79 Å². The van der Waals surface area contributed by atoms with Crippen molar-refractivity contribution in [3.63, 3.8) is 0 Å². The highest BCUT2D eigenvalue weighted by Crippen LogP contribution is 2.16. The van der Waals surface area contributed by atoms with E-state index in [-0.39, 0.29) is 11.9 Å². The first kappa shape index (κ1) is 14.1. The summed E-state index contributed by atoms with van der Waals surface area (Å²) in [7, 11) is 3.01. The van der Waals surface area contributed by atoms with Gasteiger partial charge in [0.15, 0.2) is 5.76 Å². The fraction of sp³-hybridized carbons (Fsp3) is 0.636. The van der Waals surface area contributed by atoms with Crippen molar-refractivity contribution in [3.05, 3.63) is 17.5 Å². The molecule has 0 amide bonds. The predicted molar refractivity (Wildman–Crippen MR) is 64.6 cm³/mol. The number of carbonyl (C=O) groups is 1. The van der Waals surface area contributed by atoms with Crippen molar-refractivity contribution in [2.45, 2.75) is 19.3 Å². The fourth-order valence-corrected chi connectivity index (χ4v) is 2.20. The van der Waals surface area contributed by atoms with Gasteiger partial charge < -0.3 is 14.0 Å². The number of esters is 1. The van der Waals surface area contributed by atoms with Crippen molar-refractivity contribution in [1.82, 2.24) is 5.16 Å². The summed E-state index contributed by atoms with van der Waals surface area (Å²) in [6, 6.07) is 1.86. The molecule has 0 aliphatic rings. The molecule has 1 heterocycles. The van der Waals surface area contributed by atoms with E-state index in [1.54, 1.807) is 18.9 Å². The minimum Gasteiger partial charge on any atom is -0.469 e. The number of rotatable bonds is 7. The van der Waals surface area contributed by atoms with Gasteiger partial charge in [0.1, 0.15) is 6.61 Å². The van der Waals surface area contributed by atoms with E-state index in [9.17, 15) is 4.79 Å². The molecule has 1 atom stereocenters. The van der Waals surface area contributed by atoms with E-state index in [0.29, 0.717) is 23.9 Å². The maximum absolute atomic E-state index is 11.2. The van der Waals surface area contributed by atoms with E-state index < -0.39 is 0 Å². The van der Waals surface area contributed by atoms with Crippen LogP contribution in [0.4, 0.5) is 0 Å². The number of hydrogen-bond donors (Lipinski definition) is 0. The lowest BCUT2D eigenvalue weighted by atomic mass is 10.2. The molecular weight excluding hydrogens is 242 g/mol. The molecule has 0 aliphatic heterocycles. The van der Waals surface area contributed by atoms with Gasteiger partial charge in [0.05, 0.1) is 18.7 Å². The monoisotopic (exact) mass is 259 g/mol. The average molecular weight is 259 g/mol. The van der Waals surface area contributed by atoms with Gasteiger partial charge in [0.25, 0.3) is 0 Å². The van der Waals surface area contributed by atoms with Gasteiger partial charge in [0.2, 0.25) is 0 Å². The highest BCUT2D eigenvalue weighted by molar-refractivity contribution is 7.98. The van der Waals surface area contributed by atoms with Crippen LogP contribution in [0.2, 0.25) is 0 Å². The van der Waals surface area contributed by atoms with Gasteiger partial charge in [-0.15, -0.1) is 0 Å². The first-order valence-electron chi connectivity index (χ1n) is 5.26. The number of thioether (sulfide) groups is 1. The van der Waals surface area contributed by atoms with Crippen LogP contribution in [-0.4, -0.2) is 31.1 Å². The van der Waals surface area contributed by atoms with E-state index in [1.165, 1.54) is 7.11 Å². The highest BCUT2D eigenvalue weighted by atomic mass is 32.2. The smallest absolute Gasteiger partial charge is 0.309 e. The van der Waals surface area contributed by atoms with Crippen molar-refractivity contribution >= 4 is 17.7 Å². The van der Waals surface area contributed by atoms with Crippen molar-refractivity contribution in [1.29, 1.82) is 0 Å². The lowest BCUT2D eigenvalue weighted by Gasteiger charge is -2.07. The minimum absolute atomic E-state index is 0.102. The number of aromatic nitrogens is 1. The Labute approximate surface area is 105 Å². The Balaban J connectivity index is 2.28. The van der Waals surface area contributed by atoms with E-state index in [0.717, 1.165) is 5.69 Å². The third kappa shape index (κ3) is 4.79. The molecule has 1 rings (SSSR count). The molecule has 0 saturated carbocycles. The molecular formula is C11H17NO4S. The van der Waals surface area contributed by atoms with Crippen LogP contribution in [0.1, 0.15) is 18.4 Å². The van der Waals surface area contributed by atoms with Crippen LogP contribution >= 0.6 is 11.8 Å². The second kappa shape index (κ2) is 7.34. The first-order chi connectivity index (χ1) is 8.17. The Bertz CT molecular complexity index is 353. The van der Waals surface area contributed by atoms with Crippen molar-refractivity contribution in [2.75, 3.05) is 20.0 Å². The number of ether oxygens (including phenoxy) is 2. The fourth-order valence-electron chi connectivity index (χ4n) is 1.24. The zero-order valence-corrected chi connectivity index (χ0v) is 11.1. The van der Waals surface area contributed by atoms with Crippen molar-refractivity contribution in [2.24, 2.45) is 5.92 Å². The highest BCUT2D eigenvalue weighted by Gasteiger charge is 2.13. The molecule has 0 spiro atoms. The Morgan fingerprint density at radius 1 is 1.59 bits per heavy atom. The maximum Gasteiger partial charge on any atom is 0.309 e. The third-order valence-electron chi connectivity index (χ3n) is 2.12. The van der Waals surface area contributed by atoms with Crippen LogP contribution < -0.4 is 0 Å². The zero-order chi connectivity index (χ0) is 12.7. The Hall–Kier alpha value is -1.01. The molecule has 17 heavy (non-hydrogen) atoms. The Morgan fingerprint density at radius 2 is 2.35 bits per heavy atom. The molecule has 0 saturated heterocycles. The SMILES string of the molecule is COCc1cc(CSCC(C)C(=O)OC)no1. The third-order valence-corrected chi connectivity index (χ3v) is 3.35. The molecule has 6 heteroatoms. The summed E-state index contributed by atoms with van der Waals surface area (Å²) >= 11 is 1.63. The Morgan fingerprint density at radius 3 is 3.00 bits per heavy atom. The van der Waals surface area contributed by atoms with Crippen LogP contribution in [0, 0.1) is 5.92 Å². The first-order valence-corrected chi connectivity index (χ1v) is 6.41. The van der Waals surface area contributed by atoms with Crippen LogP contribution in [-0.2, 0) is 26.6 Å². The van der Waals surface area contributed by atoms with E-state index >= 15 is 0 Å². The second-order valence-corrected chi connectivity index (χ2v) is 4.69. The molecule has 0 aliphatic carbocycles. The van der Waals surface area contributed by atoms with Gasteiger partial charge >= 0.3 is 5.97 Å². The number of hydrogen-bond acceptors (Lipinski definition) is 6. The molecule has 0 aromatic carbocycles. The summed E-state index contributed by atoms with van der Waals surface area (Å²) in [4.78, 5) is 11.2. The molecule has 96 valence electrons. The molecule has 0 radical (unpaired) electrons. The standard InChI is InChI=1S/C11H17NO4S/c1-8(11(13)15-3)6-17-7-9-4-10(5-14-2)16-12-9/h4,8H,5-7H2,1-3H3. The average Bonchev–Trinajstić information content (AvgIpc) is 2.76. The number of nitrogens with zero attached hydrogens (tertiary/aromatic N) is 1. The van der Waals surface area contributed by atoms with Gasteiger partial charge in [-0.2, -0.15) is 11.8 Å². The van der Waals surface area contributed by atoms with Gasteiger partial charge in [-0.25, -0.2) is 0 Å². The van der Waals surface area contributed by atoms with Gasteiger partial charge in [0, 0.05) is 24.7 Å². The van der Waals surface area contributed by atoms with Crippen molar-refractivity contribution in [3.8, 4) is 0 Å². The summed E-state index contributed by atoms with van der Waals surface area (Å²) in [6.07, 6.45) is 0. The van der Waals surface area contributed by atoms with Crippen LogP contribution in [0.3, 0.4) is 0 Å². The van der Waals surface area contributed by atoms with Gasteiger partial charge in [-0.1, -0.05) is 12.1 Å². The zero-order valence-electron chi connectivity index (χ0n) is 10.3.